The number of alkyl halides is 1. The molecule has 2 heterocycles. The molecule has 5 nitrogen and oxygen atoms in total. The van der Waals surface area contributed by atoms with Gasteiger partial charge in [-0.25, -0.2) is 4.79 Å². The third-order valence-electron chi connectivity index (χ3n) is 3.64. The Hall–Kier alpha value is -0.630. The van der Waals surface area contributed by atoms with E-state index in [1.54, 1.807) is 0 Å². The molecule has 0 saturated carbocycles. The summed E-state index contributed by atoms with van der Waals surface area (Å²) >= 11 is 2.14. The maximum atomic E-state index is 11.8. The average Bonchev–Trinajstić information content (AvgIpc) is 2.46. The van der Waals surface area contributed by atoms with E-state index < -0.39 is 23.7 Å². The molecule has 2 aliphatic heterocycles. The fourth-order valence-electron chi connectivity index (χ4n) is 2.48. The number of hydrogen-bond donors (Lipinski definition) is 1. The number of amides is 1. The minimum atomic E-state index is -1.25. The van der Waals surface area contributed by atoms with Crippen molar-refractivity contribution in [2.45, 2.75) is 24.7 Å². The number of aliphatic hydroxyl groups excluding tert-OH is 1. The van der Waals surface area contributed by atoms with Gasteiger partial charge in [0.05, 0.1) is 11.7 Å². The van der Waals surface area contributed by atoms with Crippen molar-refractivity contribution >= 4 is 34.5 Å². The van der Waals surface area contributed by atoms with E-state index in [1.165, 1.54) is 11.9 Å². The molecule has 94 valence electrons. The third-order valence-corrected chi connectivity index (χ3v) is 5.03. The van der Waals surface area contributed by atoms with E-state index in [0.717, 1.165) is 0 Å². The fraction of sp³-hybridized carbons (Fsp3) is 0.636. The quantitative estimate of drug-likeness (QED) is 0.339. The summed E-state index contributed by atoms with van der Waals surface area (Å²) in [4.78, 5) is 24.9. The van der Waals surface area contributed by atoms with Crippen LogP contribution in [0.3, 0.4) is 0 Å². The van der Waals surface area contributed by atoms with Gasteiger partial charge in [-0.05, 0) is 5.92 Å². The Labute approximate surface area is 113 Å². The zero-order valence-corrected chi connectivity index (χ0v) is 11.8. The van der Waals surface area contributed by atoms with Crippen LogP contribution in [0.1, 0.15) is 6.92 Å². The van der Waals surface area contributed by atoms with Gasteiger partial charge < -0.3 is 14.7 Å². The number of nitrogens with zero attached hydrogens (tertiary/aromatic N) is 1. The van der Waals surface area contributed by atoms with Gasteiger partial charge in [-0.15, -0.1) is 0 Å². The van der Waals surface area contributed by atoms with E-state index in [1.807, 2.05) is 6.92 Å². The van der Waals surface area contributed by atoms with Crippen LogP contribution < -0.4 is 0 Å². The van der Waals surface area contributed by atoms with Gasteiger partial charge in [-0.2, -0.15) is 0 Å². The maximum absolute atomic E-state index is 11.8. The number of fused-ring (bicyclic) bond motifs is 1. The molecule has 3 unspecified atom stereocenters. The fourth-order valence-corrected chi connectivity index (χ4v) is 2.96. The predicted molar refractivity (Wildman–Crippen MR) is 68.6 cm³/mol. The van der Waals surface area contributed by atoms with Crippen molar-refractivity contribution in [1.29, 1.82) is 0 Å². The number of carbonyl (C=O) groups excluding carboxylic acids is 2. The lowest BCUT2D eigenvalue weighted by atomic mass is 9.77. The first-order chi connectivity index (χ1) is 7.88. The Morgan fingerprint density at radius 3 is 2.65 bits per heavy atom. The standard InChI is InChI=1S/C11H14INO4/c1-5(4-12)7(14)11-8(17-10(11)16)6(2)9(15)13(11)3/h5,7-8,14H,2,4H2,1,3H3/t5?,7-,8?,11?/m0/s1. The number of likely N-dealkylation sites (tertiary alicyclic amines) is 1. The highest BCUT2D eigenvalue weighted by atomic mass is 127. The van der Waals surface area contributed by atoms with Crippen LogP contribution in [0.5, 0.6) is 0 Å². The van der Waals surface area contributed by atoms with Gasteiger partial charge in [0.2, 0.25) is 5.54 Å². The number of aliphatic hydroxyl groups is 1. The summed E-state index contributed by atoms with van der Waals surface area (Å²) in [7, 11) is 1.51. The number of ether oxygens (including phenoxy) is 1. The molecule has 0 bridgehead atoms. The first-order valence-electron chi connectivity index (χ1n) is 5.31. The van der Waals surface area contributed by atoms with Crippen LogP contribution in [0, 0.1) is 5.92 Å². The maximum Gasteiger partial charge on any atom is 0.339 e. The van der Waals surface area contributed by atoms with Crippen LogP contribution in [0.25, 0.3) is 0 Å². The second-order valence-electron chi connectivity index (χ2n) is 4.58. The van der Waals surface area contributed by atoms with E-state index in [2.05, 4.69) is 29.2 Å². The van der Waals surface area contributed by atoms with Crippen molar-refractivity contribution in [3.8, 4) is 0 Å². The van der Waals surface area contributed by atoms with Gasteiger partial charge in [0, 0.05) is 11.5 Å². The van der Waals surface area contributed by atoms with Gasteiger partial charge in [-0.1, -0.05) is 36.1 Å². The zero-order valence-electron chi connectivity index (χ0n) is 9.64. The van der Waals surface area contributed by atoms with Crippen molar-refractivity contribution in [1.82, 2.24) is 4.90 Å². The molecule has 0 aliphatic carbocycles. The Bertz CT molecular complexity index is 392. The number of carbonyl (C=O) groups is 2. The Morgan fingerprint density at radius 1 is 1.65 bits per heavy atom. The lowest BCUT2D eigenvalue weighted by Crippen LogP contribution is -2.73. The zero-order chi connectivity index (χ0) is 13.0. The van der Waals surface area contributed by atoms with Crippen molar-refractivity contribution in [2.75, 3.05) is 11.5 Å². The van der Waals surface area contributed by atoms with Crippen LogP contribution in [0.15, 0.2) is 12.2 Å². The van der Waals surface area contributed by atoms with Crippen LogP contribution in [-0.2, 0) is 14.3 Å². The van der Waals surface area contributed by atoms with Crippen LogP contribution in [0.2, 0.25) is 0 Å². The molecule has 2 fully saturated rings. The topological polar surface area (TPSA) is 66.8 Å². The van der Waals surface area contributed by atoms with E-state index >= 15 is 0 Å². The minimum absolute atomic E-state index is 0.105. The van der Waals surface area contributed by atoms with E-state index in [-0.39, 0.29) is 17.4 Å². The smallest absolute Gasteiger partial charge is 0.339 e. The van der Waals surface area contributed by atoms with Gasteiger partial charge in [0.15, 0.2) is 6.10 Å². The molecule has 2 saturated heterocycles. The molecule has 1 N–H and O–H groups in total. The largest absolute Gasteiger partial charge is 0.452 e. The molecule has 2 aliphatic rings. The molecular weight excluding hydrogens is 337 g/mol. The van der Waals surface area contributed by atoms with Crippen molar-refractivity contribution < 1.29 is 19.4 Å². The summed E-state index contributed by atoms with van der Waals surface area (Å²) in [5, 5.41) is 10.3. The molecule has 4 atom stereocenters. The first kappa shape index (κ1) is 12.8. The summed E-state index contributed by atoms with van der Waals surface area (Å²) in [6.45, 7) is 5.48. The van der Waals surface area contributed by atoms with Crippen LogP contribution >= 0.6 is 22.6 Å². The third kappa shape index (κ3) is 1.33. The monoisotopic (exact) mass is 351 g/mol. The lowest BCUT2D eigenvalue weighted by Gasteiger charge is -2.49. The summed E-state index contributed by atoms with van der Waals surface area (Å²) in [6.07, 6.45) is -1.63. The van der Waals surface area contributed by atoms with Crippen molar-refractivity contribution in [2.24, 2.45) is 5.92 Å². The predicted octanol–water partition coefficient (Wildman–Crippen LogP) is 0.111. The van der Waals surface area contributed by atoms with Gasteiger partial charge in [0.25, 0.3) is 5.91 Å². The summed E-state index contributed by atoms with van der Waals surface area (Å²) in [5.74, 6) is -0.978. The van der Waals surface area contributed by atoms with Gasteiger partial charge in [0.1, 0.15) is 0 Å². The number of esters is 1. The van der Waals surface area contributed by atoms with E-state index in [4.69, 9.17) is 4.74 Å². The summed E-state index contributed by atoms with van der Waals surface area (Å²) < 4.78 is 5.66. The van der Waals surface area contributed by atoms with Crippen LogP contribution in [0.4, 0.5) is 0 Å². The highest BCUT2D eigenvalue weighted by molar-refractivity contribution is 14.1. The lowest BCUT2D eigenvalue weighted by molar-refractivity contribution is -0.214. The molecule has 0 aromatic carbocycles. The molecule has 1 amide bonds. The molecule has 0 aromatic rings. The highest BCUT2D eigenvalue weighted by Crippen LogP contribution is 2.47. The molecule has 0 radical (unpaired) electrons. The molecule has 2 rings (SSSR count). The summed E-state index contributed by atoms with van der Waals surface area (Å²) in [6, 6.07) is 0. The number of likely N-dealkylation sites (N-methyl/N-ethyl adjacent to an activating group) is 1. The molecule has 0 aromatic heterocycles. The minimum Gasteiger partial charge on any atom is -0.452 e. The van der Waals surface area contributed by atoms with Crippen LogP contribution in [-0.4, -0.2) is 51.1 Å². The van der Waals surface area contributed by atoms with E-state index in [9.17, 15) is 14.7 Å². The van der Waals surface area contributed by atoms with Crippen molar-refractivity contribution in [3.05, 3.63) is 12.2 Å². The normalized spacial score (nSPS) is 35.2. The Morgan fingerprint density at radius 2 is 2.24 bits per heavy atom. The number of hydrogen-bond acceptors (Lipinski definition) is 4. The first-order valence-corrected chi connectivity index (χ1v) is 6.83. The molecular formula is C11H14INO4. The van der Waals surface area contributed by atoms with E-state index in [0.29, 0.717) is 4.43 Å². The second kappa shape index (κ2) is 3.94. The highest BCUT2D eigenvalue weighted by Gasteiger charge is 2.73. The van der Waals surface area contributed by atoms with Gasteiger partial charge >= 0.3 is 5.97 Å². The Balaban J connectivity index is 2.43. The average molecular weight is 351 g/mol. The molecule has 6 heteroatoms. The van der Waals surface area contributed by atoms with Gasteiger partial charge in [-0.3, -0.25) is 4.79 Å². The SMILES string of the molecule is C=C1C(=O)N(C)C2([C@@H](O)C(C)CI)C(=O)OC12. The molecule has 0 spiro atoms. The number of halogens is 1. The molecule has 17 heavy (non-hydrogen) atoms. The summed E-state index contributed by atoms with van der Waals surface area (Å²) in [5.41, 5.74) is -1.01. The Kier molecular flexibility index (Phi) is 2.97. The second-order valence-corrected chi connectivity index (χ2v) is 5.46. The van der Waals surface area contributed by atoms with Crippen molar-refractivity contribution in [3.63, 3.8) is 0 Å². The number of rotatable bonds is 3.